The van der Waals surface area contributed by atoms with Gasteiger partial charge in [0.1, 0.15) is 5.75 Å². The van der Waals surface area contributed by atoms with Crippen LogP contribution in [0.3, 0.4) is 0 Å². The zero-order chi connectivity index (χ0) is 24.7. The van der Waals surface area contributed by atoms with E-state index in [0.717, 1.165) is 4.31 Å². The van der Waals surface area contributed by atoms with E-state index in [1.165, 1.54) is 30.5 Å². The Labute approximate surface area is 212 Å². The topological polar surface area (TPSA) is 88.1 Å². The highest BCUT2D eigenvalue weighted by molar-refractivity contribution is 7.89. The Bertz CT molecular complexity index is 1280. The molecule has 0 radical (unpaired) electrons. The van der Waals surface area contributed by atoms with Crippen LogP contribution in [0.25, 0.3) is 0 Å². The molecular weight excluding hydrogens is 521 g/mol. The molecule has 0 aliphatic rings. The molecule has 7 nitrogen and oxygen atoms in total. The summed E-state index contributed by atoms with van der Waals surface area (Å²) in [6.07, 6.45) is 1.42. The number of rotatable bonds is 9. The fourth-order valence-corrected chi connectivity index (χ4v) is 4.94. The summed E-state index contributed by atoms with van der Waals surface area (Å²) in [5, 5.41) is 4.84. The molecule has 3 aromatic carbocycles. The van der Waals surface area contributed by atoms with Crippen LogP contribution >= 0.6 is 34.8 Å². The Balaban J connectivity index is 1.83. The molecule has 0 aliphatic heterocycles. The minimum Gasteiger partial charge on any atom is -0.497 e. The predicted molar refractivity (Wildman–Crippen MR) is 134 cm³/mol. The van der Waals surface area contributed by atoms with Gasteiger partial charge in [-0.25, -0.2) is 13.8 Å². The molecule has 0 atom stereocenters. The lowest BCUT2D eigenvalue weighted by Gasteiger charge is -2.22. The largest absolute Gasteiger partial charge is 0.497 e. The summed E-state index contributed by atoms with van der Waals surface area (Å²) >= 11 is 18.4. The number of sulfonamides is 1. The van der Waals surface area contributed by atoms with Crippen LogP contribution in [0.2, 0.25) is 15.1 Å². The molecule has 1 amide bonds. The Kier molecular flexibility index (Phi) is 8.93. The number of hydrogen-bond donors (Lipinski definition) is 1. The maximum atomic E-state index is 13.3. The van der Waals surface area contributed by atoms with E-state index in [-0.39, 0.29) is 21.5 Å². The van der Waals surface area contributed by atoms with Crippen LogP contribution < -0.4 is 10.2 Å². The molecule has 1 N–H and O–H groups in total. The Morgan fingerprint density at radius 3 is 2.32 bits per heavy atom. The zero-order valence-electron chi connectivity index (χ0n) is 17.9. The van der Waals surface area contributed by atoms with Crippen LogP contribution in [0.5, 0.6) is 5.75 Å². The molecule has 3 rings (SSSR count). The van der Waals surface area contributed by atoms with Gasteiger partial charge in [-0.05, 0) is 54.1 Å². The van der Waals surface area contributed by atoms with Gasteiger partial charge >= 0.3 is 0 Å². The first-order chi connectivity index (χ1) is 16.2. The standard InChI is InChI=1S/C23H20Cl3N3O4S/c1-33-18-5-2-4-16(12-18)13-27-28-23(30)15-29(14-20-21(25)6-3-7-22(20)26)34(31,32)19-10-8-17(24)9-11-19/h2-13H,14-15H2,1H3,(H,28,30)/b27-13-. The van der Waals surface area contributed by atoms with E-state index in [2.05, 4.69) is 10.5 Å². The number of carbonyl (C=O) groups excluding carboxylic acids is 1. The maximum absolute atomic E-state index is 13.3. The molecular formula is C23H20Cl3N3O4S. The van der Waals surface area contributed by atoms with Crippen LogP contribution in [0.1, 0.15) is 11.1 Å². The highest BCUT2D eigenvalue weighted by Gasteiger charge is 2.28. The van der Waals surface area contributed by atoms with Gasteiger partial charge in [-0.2, -0.15) is 9.41 Å². The third-order valence-electron chi connectivity index (χ3n) is 4.66. The van der Waals surface area contributed by atoms with Crippen LogP contribution in [-0.2, 0) is 21.4 Å². The molecule has 0 saturated carbocycles. The van der Waals surface area contributed by atoms with Crippen molar-refractivity contribution < 1.29 is 17.9 Å². The molecule has 0 aromatic heterocycles. The first-order valence-electron chi connectivity index (χ1n) is 9.85. The van der Waals surface area contributed by atoms with E-state index >= 15 is 0 Å². The van der Waals surface area contributed by atoms with Crippen LogP contribution in [-0.4, -0.2) is 38.5 Å². The second-order valence-corrected chi connectivity index (χ2v) is 10.2. The van der Waals surface area contributed by atoms with Crippen LogP contribution in [0, 0.1) is 0 Å². The molecule has 0 aliphatic carbocycles. The van der Waals surface area contributed by atoms with Gasteiger partial charge in [0.25, 0.3) is 5.91 Å². The fraction of sp³-hybridized carbons (Fsp3) is 0.130. The molecule has 0 heterocycles. The minimum absolute atomic E-state index is 0.0345. The van der Waals surface area contributed by atoms with Gasteiger partial charge in [-0.3, -0.25) is 4.79 Å². The average molecular weight is 541 g/mol. The van der Waals surface area contributed by atoms with E-state index in [4.69, 9.17) is 39.5 Å². The van der Waals surface area contributed by atoms with Gasteiger partial charge in [-0.15, -0.1) is 0 Å². The number of amides is 1. The van der Waals surface area contributed by atoms with Crippen LogP contribution in [0.15, 0.2) is 76.7 Å². The van der Waals surface area contributed by atoms with Gasteiger partial charge in [-0.1, -0.05) is 53.0 Å². The first kappa shape index (κ1) is 26.0. The number of benzene rings is 3. The normalized spacial score (nSPS) is 11.7. The van der Waals surface area contributed by atoms with Gasteiger partial charge in [0.15, 0.2) is 0 Å². The molecule has 11 heteroatoms. The van der Waals surface area contributed by atoms with Crippen molar-refractivity contribution in [3.63, 3.8) is 0 Å². The van der Waals surface area contributed by atoms with E-state index in [9.17, 15) is 13.2 Å². The maximum Gasteiger partial charge on any atom is 0.255 e. The number of ether oxygens (including phenoxy) is 1. The fourth-order valence-electron chi connectivity index (χ4n) is 2.94. The van der Waals surface area contributed by atoms with Crippen molar-refractivity contribution in [2.75, 3.05) is 13.7 Å². The van der Waals surface area contributed by atoms with Crippen molar-refractivity contribution in [2.45, 2.75) is 11.4 Å². The molecule has 178 valence electrons. The Morgan fingerprint density at radius 1 is 1.03 bits per heavy atom. The number of halogens is 3. The summed E-state index contributed by atoms with van der Waals surface area (Å²) < 4.78 is 32.8. The first-order valence-corrected chi connectivity index (χ1v) is 12.4. The summed E-state index contributed by atoms with van der Waals surface area (Å²) in [6.45, 7) is -0.752. The average Bonchev–Trinajstić information content (AvgIpc) is 2.81. The van der Waals surface area contributed by atoms with E-state index in [1.807, 2.05) is 0 Å². The third kappa shape index (κ3) is 6.71. The quantitative estimate of drug-likeness (QED) is 0.306. The number of hydrazone groups is 1. The second-order valence-electron chi connectivity index (χ2n) is 7.00. The number of nitrogens with one attached hydrogen (secondary N) is 1. The molecule has 0 saturated heterocycles. The van der Waals surface area contributed by atoms with Crippen molar-refractivity contribution in [3.05, 3.63) is 92.9 Å². The minimum atomic E-state index is -4.10. The van der Waals surface area contributed by atoms with E-state index < -0.39 is 22.5 Å². The molecule has 3 aromatic rings. The third-order valence-corrected chi connectivity index (χ3v) is 7.43. The number of methoxy groups -OCH3 is 1. The molecule has 34 heavy (non-hydrogen) atoms. The van der Waals surface area contributed by atoms with E-state index in [1.54, 1.807) is 49.6 Å². The monoisotopic (exact) mass is 539 g/mol. The molecule has 0 spiro atoms. The predicted octanol–water partition coefficient (Wildman–Crippen LogP) is 5.00. The van der Waals surface area contributed by atoms with Gasteiger partial charge in [0.2, 0.25) is 10.0 Å². The highest BCUT2D eigenvalue weighted by atomic mass is 35.5. The molecule has 0 bridgehead atoms. The lowest BCUT2D eigenvalue weighted by atomic mass is 10.2. The van der Waals surface area contributed by atoms with Crippen molar-refractivity contribution in [3.8, 4) is 5.75 Å². The highest BCUT2D eigenvalue weighted by Crippen LogP contribution is 2.28. The summed E-state index contributed by atoms with van der Waals surface area (Å²) in [5.74, 6) is -0.0213. The number of nitrogens with zero attached hydrogens (tertiary/aromatic N) is 2. The van der Waals surface area contributed by atoms with Crippen molar-refractivity contribution >= 4 is 56.9 Å². The van der Waals surface area contributed by atoms with E-state index in [0.29, 0.717) is 21.9 Å². The summed E-state index contributed by atoms with van der Waals surface area (Å²) in [5.41, 5.74) is 3.40. The van der Waals surface area contributed by atoms with Gasteiger partial charge < -0.3 is 4.74 Å². The molecule has 0 fully saturated rings. The van der Waals surface area contributed by atoms with Crippen molar-refractivity contribution in [2.24, 2.45) is 5.10 Å². The summed E-state index contributed by atoms with van der Waals surface area (Å²) in [4.78, 5) is 12.6. The zero-order valence-corrected chi connectivity index (χ0v) is 21.0. The van der Waals surface area contributed by atoms with Crippen molar-refractivity contribution in [1.82, 2.24) is 9.73 Å². The Hall–Kier alpha value is -2.62. The van der Waals surface area contributed by atoms with Gasteiger partial charge in [0, 0.05) is 27.2 Å². The summed E-state index contributed by atoms with van der Waals surface area (Å²) in [6, 6.07) is 17.5. The number of hydrogen-bond acceptors (Lipinski definition) is 5. The lowest BCUT2D eigenvalue weighted by molar-refractivity contribution is -0.121. The number of carbonyl (C=O) groups is 1. The Morgan fingerprint density at radius 2 is 1.68 bits per heavy atom. The van der Waals surface area contributed by atoms with Crippen molar-refractivity contribution in [1.29, 1.82) is 0 Å². The smallest absolute Gasteiger partial charge is 0.255 e. The lowest BCUT2D eigenvalue weighted by Crippen LogP contribution is -2.39. The SMILES string of the molecule is COc1cccc(/C=N\NC(=O)CN(Cc2c(Cl)cccc2Cl)S(=O)(=O)c2ccc(Cl)cc2)c1. The molecule has 0 unspecified atom stereocenters. The summed E-state index contributed by atoms with van der Waals surface area (Å²) in [7, 11) is -2.56. The van der Waals surface area contributed by atoms with Crippen LogP contribution in [0.4, 0.5) is 0 Å². The van der Waals surface area contributed by atoms with Gasteiger partial charge in [0.05, 0.1) is 24.8 Å². The second kappa shape index (κ2) is 11.7.